The van der Waals surface area contributed by atoms with Crippen molar-refractivity contribution in [3.05, 3.63) is 0 Å². The van der Waals surface area contributed by atoms with E-state index >= 15 is 0 Å². The molecule has 0 amide bonds. The van der Waals surface area contributed by atoms with Crippen LogP contribution in [0, 0.1) is 0 Å². The van der Waals surface area contributed by atoms with E-state index in [2.05, 4.69) is 0 Å². The van der Waals surface area contributed by atoms with Crippen LogP contribution >= 0.6 is 10.7 Å². The molecule has 0 atom stereocenters. The highest BCUT2D eigenvalue weighted by Gasteiger charge is 2.53. The Morgan fingerprint density at radius 3 is 2.31 bits per heavy atom. The second kappa shape index (κ2) is 3.75. The molecule has 1 saturated carbocycles. The van der Waals surface area contributed by atoms with E-state index < -0.39 is 13.8 Å². The van der Waals surface area contributed by atoms with Crippen molar-refractivity contribution in [2.24, 2.45) is 0 Å². The fraction of sp³-hybridized carbons (Fsp3) is 1.00. The van der Waals surface area contributed by atoms with E-state index in [-0.39, 0.29) is 6.10 Å². The third-order valence-corrected chi connectivity index (χ3v) is 4.96. The molecule has 1 aliphatic rings. The van der Waals surface area contributed by atoms with Crippen LogP contribution in [-0.2, 0) is 13.8 Å². The van der Waals surface area contributed by atoms with Gasteiger partial charge in [0.1, 0.15) is 0 Å². The lowest BCUT2D eigenvalue weighted by atomic mass is 10.3. The third kappa shape index (κ3) is 2.82. The molecule has 0 unspecified atom stereocenters. The van der Waals surface area contributed by atoms with Crippen LogP contribution in [0.2, 0.25) is 0 Å². The number of hydrogen-bond donors (Lipinski definition) is 0. The molecule has 0 bridgehead atoms. The van der Waals surface area contributed by atoms with E-state index in [0.717, 1.165) is 0 Å². The first-order valence-electron chi connectivity index (χ1n) is 4.43. The predicted octanol–water partition coefficient (Wildman–Crippen LogP) is 1.90. The first-order chi connectivity index (χ1) is 5.87. The van der Waals surface area contributed by atoms with Crippen molar-refractivity contribution in [1.82, 2.24) is 0 Å². The third-order valence-electron chi connectivity index (χ3n) is 2.33. The van der Waals surface area contributed by atoms with Crippen LogP contribution < -0.4 is 0 Å². The number of hydrogen-bond acceptors (Lipinski definition) is 3. The molecule has 3 nitrogen and oxygen atoms in total. The van der Waals surface area contributed by atoms with Gasteiger partial charge >= 0.3 is 0 Å². The minimum Gasteiger partial charge on any atom is -0.379 e. The van der Waals surface area contributed by atoms with Gasteiger partial charge in [-0.15, -0.1) is 0 Å². The first-order valence-corrected chi connectivity index (χ1v) is 6.74. The molecule has 0 saturated heterocycles. The minimum absolute atomic E-state index is 0.147. The Labute approximate surface area is 83.8 Å². The number of rotatable bonds is 5. The van der Waals surface area contributed by atoms with Crippen LogP contribution in [0.5, 0.6) is 0 Å². The lowest BCUT2D eigenvalue weighted by Gasteiger charge is -2.12. The maximum absolute atomic E-state index is 11.1. The van der Waals surface area contributed by atoms with E-state index in [1.807, 2.05) is 13.8 Å². The molecule has 0 N–H and O–H groups in total. The van der Waals surface area contributed by atoms with Crippen molar-refractivity contribution in [3.8, 4) is 0 Å². The molecule has 0 spiro atoms. The molecule has 5 heteroatoms. The van der Waals surface area contributed by atoms with Gasteiger partial charge in [-0.05, 0) is 33.1 Å². The summed E-state index contributed by atoms with van der Waals surface area (Å²) in [5.74, 6) is 0. The zero-order valence-corrected chi connectivity index (χ0v) is 9.49. The normalized spacial score (nSPS) is 20.6. The fourth-order valence-electron chi connectivity index (χ4n) is 1.24. The summed E-state index contributed by atoms with van der Waals surface area (Å²) in [5, 5.41) is 0. The average Bonchev–Trinajstić information content (AvgIpc) is 2.65. The maximum Gasteiger partial charge on any atom is 0.238 e. The van der Waals surface area contributed by atoms with Gasteiger partial charge in [-0.3, -0.25) is 0 Å². The predicted molar refractivity (Wildman–Crippen MR) is 52.4 cm³/mol. The molecule has 0 aromatic rings. The molecule has 0 heterocycles. The van der Waals surface area contributed by atoms with Crippen molar-refractivity contribution in [1.29, 1.82) is 0 Å². The standard InChI is InChI=1S/C8H15ClO3S/c1-7(2)12-6-5-8(3-4-8)13(9,10)11/h7H,3-6H2,1-2H3. The molecular formula is C8H15ClO3S. The van der Waals surface area contributed by atoms with Crippen molar-refractivity contribution >= 4 is 19.7 Å². The average molecular weight is 227 g/mol. The monoisotopic (exact) mass is 226 g/mol. The van der Waals surface area contributed by atoms with Crippen LogP contribution in [0.15, 0.2) is 0 Å². The fourth-order valence-corrected chi connectivity index (χ4v) is 2.85. The van der Waals surface area contributed by atoms with Crippen molar-refractivity contribution in [2.45, 2.75) is 44.0 Å². The summed E-state index contributed by atoms with van der Waals surface area (Å²) in [6.45, 7) is 4.33. The van der Waals surface area contributed by atoms with Gasteiger partial charge in [-0.25, -0.2) is 8.42 Å². The summed E-state index contributed by atoms with van der Waals surface area (Å²) in [7, 11) is 1.92. The van der Waals surface area contributed by atoms with E-state index in [4.69, 9.17) is 15.4 Å². The van der Waals surface area contributed by atoms with Crippen LogP contribution in [-0.4, -0.2) is 25.9 Å². The molecular weight excluding hydrogens is 212 g/mol. The molecule has 13 heavy (non-hydrogen) atoms. The molecule has 1 fully saturated rings. The van der Waals surface area contributed by atoms with Gasteiger partial charge in [0.25, 0.3) is 0 Å². The maximum atomic E-state index is 11.1. The Morgan fingerprint density at radius 1 is 1.46 bits per heavy atom. The zero-order chi connectivity index (χ0) is 10.1. The van der Waals surface area contributed by atoms with Gasteiger partial charge in [0.15, 0.2) is 0 Å². The highest BCUT2D eigenvalue weighted by Crippen LogP contribution is 2.48. The molecule has 0 aliphatic heterocycles. The van der Waals surface area contributed by atoms with Crippen molar-refractivity contribution in [2.75, 3.05) is 6.61 Å². The number of halogens is 1. The van der Waals surface area contributed by atoms with Crippen LogP contribution in [0.3, 0.4) is 0 Å². The van der Waals surface area contributed by atoms with E-state index in [0.29, 0.717) is 25.9 Å². The molecule has 0 radical (unpaired) electrons. The summed E-state index contributed by atoms with van der Waals surface area (Å²) in [6, 6.07) is 0. The lowest BCUT2D eigenvalue weighted by Crippen LogP contribution is -2.21. The first kappa shape index (κ1) is 11.3. The number of ether oxygens (including phenoxy) is 1. The van der Waals surface area contributed by atoms with Crippen molar-refractivity contribution < 1.29 is 13.2 Å². The zero-order valence-electron chi connectivity index (χ0n) is 7.92. The van der Waals surface area contributed by atoms with E-state index in [1.165, 1.54) is 0 Å². The van der Waals surface area contributed by atoms with E-state index in [1.54, 1.807) is 0 Å². The second-order valence-electron chi connectivity index (χ2n) is 3.79. The van der Waals surface area contributed by atoms with Gasteiger partial charge in [0, 0.05) is 17.3 Å². The smallest absolute Gasteiger partial charge is 0.238 e. The Morgan fingerprint density at radius 2 is 2.00 bits per heavy atom. The molecule has 78 valence electrons. The Balaban J connectivity index is 2.37. The summed E-state index contributed by atoms with van der Waals surface area (Å²) >= 11 is 0. The van der Waals surface area contributed by atoms with Crippen LogP contribution in [0.4, 0.5) is 0 Å². The van der Waals surface area contributed by atoms with Gasteiger partial charge < -0.3 is 4.74 Å². The quantitative estimate of drug-likeness (QED) is 0.673. The molecule has 0 aromatic carbocycles. The summed E-state index contributed by atoms with van der Waals surface area (Å²) in [5.41, 5.74) is 0. The Kier molecular flexibility index (Phi) is 3.25. The SMILES string of the molecule is CC(C)OCCC1(S(=O)(=O)Cl)CC1. The van der Waals surface area contributed by atoms with Gasteiger partial charge in [0.05, 0.1) is 10.9 Å². The second-order valence-corrected chi connectivity index (χ2v) is 6.75. The van der Waals surface area contributed by atoms with Crippen LogP contribution in [0.25, 0.3) is 0 Å². The van der Waals surface area contributed by atoms with Gasteiger partial charge in [0.2, 0.25) is 9.05 Å². The van der Waals surface area contributed by atoms with Crippen LogP contribution in [0.1, 0.15) is 33.1 Å². The molecule has 0 aromatic heterocycles. The summed E-state index contributed by atoms with van der Waals surface area (Å²) in [4.78, 5) is 0. The molecule has 1 rings (SSSR count). The largest absolute Gasteiger partial charge is 0.379 e. The van der Waals surface area contributed by atoms with Gasteiger partial charge in [-0.2, -0.15) is 0 Å². The summed E-state index contributed by atoms with van der Waals surface area (Å²) < 4.78 is 26.8. The van der Waals surface area contributed by atoms with E-state index in [9.17, 15) is 8.42 Å². The molecule has 1 aliphatic carbocycles. The Bertz CT molecular complexity index is 267. The van der Waals surface area contributed by atoms with Gasteiger partial charge in [-0.1, -0.05) is 0 Å². The lowest BCUT2D eigenvalue weighted by molar-refractivity contribution is 0.0756. The Hall–Kier alpha value is 0.200. The highest BCUT2D eigenvalue weighted by molar-refractivity contribution is 8.15. The minimum atomic E-state index is -3.40. The summed E-state index contributed by atoms with van der Waals surface area (Å²) in [6.07, 6.45) is 2.03. The highest BCUT2D eigenvalue weighted by atomic mass is 35.7. The van der Waals surface area contributed by atoms with Crippen molar-refractivity contribution in [3.63, 3.8) is 0 Å². The topological polar surface area (TPSA) is 43.4 Å².